The van der Waals surface area contributed by atoms with E-state index >= 15 is 0 Å². The molecule has 0 fully saturated rings. The maximum absolute atomic E-state index is 12.5. The summed E-state index contributed by atoms with van der Waals surface area (Å²) in [5.41, 5.74) is 1.69. The average molecular weight is 291 g/mol. The number of ketones is 1. The minimum absolute atomic E-state index is 0.0242. The Morgan fingerprint density at radius 3 is 2.42 bits per heavy atom. The van der Waals surface area contributed by atoms with Crippen molar-refractivity contribution in [1.82, 2.24) is 0 Å². The van der Waals surface area contributed by atoms with Gasteiger partial charge in [0.25, 0.3) is 0 Å². The van der Waals surface area contributed by atoms with Gasteiger partial charge in [0.15, 0.2) is 5.78 Å². The molecule has 0 aromatic heterocycles. The zero-order valence-electron chi connectivity index (χ0n) is 10.0. The van der Waals surface area contributed by atoms with Crippen LogP contribution in [0.5, 0.6) is 0 Å². The van der Waals surface area contributed by atoms with Gasteiger partial charge in [-0.1, -0.05) is 35.9 Å². The van der Waals surface area contributed by atoms with Crippen LogP contribution in [0.4, 0.5) is 0 Å². The summed E-state index contributed by atoms with van der Waals surface area (Å²) in [6.45, 7) is 0. The fourth-order valence-electron chi connectivity index (χ4n) is 2.31. The maximum atomic E-state index is 12.5. The lowest BCUT2D eigenvalue weighted by molar-refractivity contribution is 0.0999. The number of carbonyl (C=O) groups excluding carboxylic acids is 1. The highest BCUT2D eigenvalue weighted by atomic mass is 35.5. The van der Waals surface area contributed by atoms with E-state index in [4.69, 9.17) is 11.6 Å². The zero-order valence-corrected chi connectivity index (χ0v) is 11.6. The van der Waals surface area contributed by atoms with Crippen molar-refractivity contribution < 1.29 is 9.00 Å². The molecule has 0 saturated carbocycles. The highest BCUT2D eigenvalue weighted by molar-refractivity contribution is 7.86. The predicted octanol–water partition coefficient (Wildman–Crippen LogP) is 3.26. The van der Waals surface area contributed by atoms with E-state index in [0.29, 0.717) is 21.9 Å². The minimum atomic E-state index is -1.33. The molecule has 0 spiro atoms. The number of fused-ring (bicyclic) bond motifs is 1. The van der Waals surface area contributed by atoms with Gasteiger partial charge in [-0.3, -0.25) is 9.00 Å². The molecule has 2 aromatic rings. The highest BCUT2D eigenvalue weighted by Gasteiger charge is 2.35. The molecule has 96 valence electrons. The van der Waals surface area contributed by atoms with Crippen molar-refractivity contribution in [3.05, 3.63) is 64.7 Å². The molecule has 1 aliphatic rings. The molecule has 2 atom stereocenters. The van der Waals surface area contributed by atoms with E-state index in [-0.39, 0.29) is 5.78 Å². The average Bonchev–Trinajstić information content (AvgIpc) is 2.77. The molecule has 3 rings (SSSR count). The SMILES string of the molecule is O=C1c2ccccc2CC1S(=O)c1ccc(Cl)cc1. The Balaban J connectivity index is 1.91. The second-order valence-corrected chi connectivity index (χ2v) is 6.54. The van der Waals surface area contributed by atoms with Gasteiger partial charge < -0.3 is 0 Å². The summed E-state index contributed by atoms with van der Waals surface area (Å²) in [6.07, 6.45) is 0.546. The summed E-state index contributed by atoms with van der Waals surface area (Å²) in [4.78, 5) is 12.9. The van der Waals surface area contributed by atoms with E-state index in [1.165, 1.54) is 0 Å². The fourth-order valence-corrected chi connectivity index (χ4v) is 3.82. The third kappa shape index (κ3) is 2.24. The fraction of sp³-hybridized carbons (Fsp3) is 0.133. The van der Waals surface area contributed by atoms with Crippen molar-refractivity contribution in [2.24, 2.45) is 0 Å². The van der Waals surface area contributed by atoms with Gasteiger partial charge in [0.1, 0.15) is 5.25 Å². The van der Waals surface area contributed by atoms with E-state index in [9.17, 15) is 9.00 Å². The summed E-state index contributed by atoms with van der Waals surface area (Å²) in [5.74, 6) is -0.0242. The van der Waals surface area contributed by atoms with Crippen molar-refractivity contribution >= 4 is 28.2 Å². The summed E-state index contributed by atoms with van der Waals surface area (Å²) < 4.78 is 12.5. The number of rotatable bonds is 2. The Morgan fingerprint density at radius 2 is 1.74 bits per heavy atom. The molecular weight excluding hydrogens is 280 g/mol. The van der Waals surface area contributed by atoms with Crippen molar-refractivity contribution in [2.45, 2.75) is 16.6 Å². The first-order valence-corrected chi connectivity index (χ1v) is 7.54. The van der Waals surface area contributed by atoms with Gasteiger partial charge in [-0.05, 0) is 36.2 Å². The molecule has 4 heteroatoms. The number of benzene rings is 2. The van der Waals surface area contributed by atoms with Gasteiger partial charge in [0, 0.05) is 15.5 Å². The molecule has 2 unspecified atom stereocenters. The normalized spacial score (nSPS) is 19.2. The van der Waals surface area contributed by atoms with Crippen molar-refractivity contribution in [3.63, 3.8) is 0 Å². The largest absolute Gasteiger partial charge is 0.293 e. The molecule has 0 radical (unpaired) electrons. The molecule has 0 heterocycles. The quantitative estimate of drug-likeness (QED) is 0.851. The third-order valence-electron chi connectivity index (χ3n) is 3.28. The Labute approximate surface area is 118 Å². The Kier molecular flexibility index (Phi) is 3.25. The van der Waals surface area contributed by atoms with Crippen LogP contribution in [0.25, 0.3) is 0 Å². The van der Waals surface area contributed by atoms with E-state index in [2.05, 4.69) is 0 Å². The second kappa shape index (κ2) is 4.91. The smallest absolute Gasteiger partial charge is 0.179 e. The molecule has 2 nitrogen and oxygen atoms in total. The van der Waals surface area contributed by atoms with Crippen molar-refractivity contribution in [3.8, 4) is 0 Å². The molecule has 2 aromatic carbocycles. The monoisotopic (exact) mass is 290 g/mol. The number of halogens is 1. The maximum Gasteiger partial charge on any atom is 0.179 e. The van der Waals surface area contributed by atoms with Crippen LogP contribution in [0.2, 0.25) is 5.02 Å². The minimum Gasteiger partial charge on any atom is -0.293 e. The summed E-state index contributed by atoms with van der Waals surface area (Å²) >= 11 is 5.81. The van der Waals surface area contributed by atoms with Crippen LogP contribution < -0.4 is 0 Å². The Morgan fingerprint density at radius 1 is 1.05 bits per heavy atom. The number of hydrogen-bond acceptors (Lipinski definition) is 2. The lowest BCUT2D eigenvalue weighted by atomic mass is 10.1. The van der Waals surface area contributed by atoms with Gasteiger partial charge in [-0.25, -0.2) is 0 Å². The van der Waals surface area contributed by atoms with Gasteiger partial charge >= 0.3 is 0 Å². The van der Waals surface area contributed by atoms with Crippen LogP contribution in [-0.4, -0.2) is 15.2 Å². The molecule has 0 aliphatic heterocycles. The van der Waals surface area contributed by atoms with E-state index in [0.717, 1.165) is 5.56 Å². The molecule has 0 bridgehead atoms. The first-order chi connectivity index (χ1) is 9.16. The topological polar surface area (TPSA) is 34.1 Å². The molecule has 0 N–H and O–H groups in total. The first-order valence-electron chi connectivity index (χ1n) is 5.95. The number of hydrogen-bond donors (Lipinski definition) is 0. The zero-order chi connectivity index (χ0) is 13.4. The van der Waals surface area contributed by atoms with Crippen LogP contribution >= 0.6 is 11.6 Å². The Bertz CT molecular complexity index is 664. The molecule has 1 aliphatic carbocycles. The van der Waals surface area contributed by atoms with Crippen molar-refractivity contribution in [2.75, 3.05) is 0 Å². The third-order valence-corrected chi connectivity index (χ3v) is 5.17. The van der Waals surface area contributed by atoms with Crippen LogP contribution in [-0.2, 0) is 17.2 Å². The summed E-state index contributed by atoms with van der Waals surface area (Å²) in [5, 5.41) is 0.125. The molecule has 19 heavy (non-hydrogen) atoms. The summed E-state index contributed by atoms with van der Waals surface area (Å²) in [6, 6.07) is 14.3. The lowest BCUT2D eigenvalue weighted by Gasteiger charge is -2.08. The predicted molar refractivity (Wildman–Crippen MR) is 76.1 cm³/mol. The van der Waals surface area contributed by atoms with E-state index in [1.54, 1.807) is 30.3 Å². The van der Waals surface area contributed by atoms with Crippen LogP contribution in [0.1, 0.15) is 15.9 Å². The first kappa shape index (κ1) is 12.6. The standard InChI is InChI=1S/C15H11ClO2S/c16-11-5-7-12(8-6-11)19(18)14-9-10-3-1-2-4-13(10)15(14)17/h1-8,14H,9H2. The van der Waals surface area contributed by atoms with Crippen LogP contribution in [0.3, 0.4) is 0 Å². The second-order valence-electron chi connectivity index (χ2n) is 4.47. The lowest BCUT2D eigenvalue weighted by Crippen LogP contribution is -2.22. The van der Waals surface area contributed by atoms with Crippen molar-refractivity contribution in [1.29, 1.82) is 0 Å². The number of carbonyl (C=O) groups is 1. The molecular formula is C15H11ClO2S. The van der Waals surface area contributed by atoms with Crippen LogP contribution in [0, 0.1) is 0 Å². The molecule has 0 saturated heterocycles. The molecule has 0 amide bonds. The van der Waals surface area contributed by atoms with Crippen LogP contribution in [0.15, 0.2) is 53.4 Å². The van der Waals surface area contributed by atoms with Gasteiger partial charge in [0.05, 0.1) is 10.8 Å². The van der Waals surface area contributed by atoms with E-state index in [1.807, 2.05) is 18.2 Å². The van der Waals surface area contributed by atoms with Gasteiger partial charge in [-0.15, -0.1) is 0 Å². The van der Waals surface area contributed by atoms with Gasteiger partial charge in [-0.2, -0.15) is 0 Å². The summed E-state index contributed by atoms with van der Waals surface area (Å²) in [7, 11) is -1.33. The Hall–Kier alpha value is -1.45. The number of Topliss-reactive ketones (excluding diaryl/α,β-unsaturated/α-hetero) is 1. The highest BCUT2D eigenvalue weighted by Crippen LogP contribution is 2.28. The van der Waals surface area contributed by atoms with Gasteiger partial charge in [0.2, 0.25) is 0 Å². The van der Waals surface area contributed by atoms with E-state index < -0.39 is 16.0 Å².